The van der Waals surface area contributed by atoms with Gasteiger partial charge in [-0.05, 0) is 6.07 Å². The van der Waals surface area contributed by atoms with Crippen LogP contribution in [0.5, 0.6) is 0 Å². The van der Waals surface area contributed by atoms with E-state index in [1.165, 1.54) is 31.1 Å². The molecule has 1 atom stereocenters. The van der Waals surface area contributed by atoms with Gasteiger partial charge in [-0.1, -0.05) is 18.2 Å². The number of amides is 1. The SMILES string of the molecule is CN(C)C(=O)C(C#N)C(=O)c1ccccc1C#N. The van der Waals surface area contributed by atoms with E-state index in [9.17, 15) is 9.59 Å². The van der Waals surface area contributed by atoms with Crippen LogP contribution in [0.25, 0.3) is 0 Å². The van der Waals surface area contributed by atoms with Crippen LogP contribution in [0.4, 0.5) is 0 Å². The average molecular weight is 241 g/mol. The highest BCUT2D eigenvalue weighted by atomic mass is 16.2. The molecule has 0 radical (unpaired) electrons. The summed E-state index contributed by atoms with van der Waals surface area (Å²) in [6.07, 6.45) is 0. The molecular weight excluding hydrogens is 230 g/mol. The molecule has 0 bridgehead atoms. The van der Waals surface area contributed by atoms with E-state index in [-0.39, 0.29) is 11.1 Å². The zero-order valence-electron chi connectivity index (χ0n) is 10.0. The lowest BCUT2D eigenvalue weighted by molar-refractivity contribution is -0.129. The third kappa shape index (κ3) is 2.53. The number of hydrogen-bond acceptors (Lipinski definition) is 4. The molecule has 1 unspecified atom stereocenters. The Bertz CT molecular complexity index is 564. The van der Waals surface area contributed by atoms with Gasteiger partial charge in [0.25, 0.3) is 0 Å². The topological polar surface area (TPSA) is 85.0 Å². The van der Waals surface area contributed by atoms with Gasteiger partial charge < -0.3 is 4.90 Å². The molecule has 0 heterocycles. The summed E-state index contributed by atoms with van der Waals surface area (Å²) in [6, 6.07) is 9.67. The molecule has 0 aliphatic rings. The van der Waals surface area contributed by atoms with Crippen LogP contribution >= 0.6 is 0 Å². The van der Waals surface area contributed by atoms with Crippen LogP contribution in [0.1, 0.15) is 15.9 Å². The predicted molar refractivity (Wildman–Crippen MR) is 63.3 cm³/mol. The lowest BCUT2D eigenvalue weighted by atomic mass is 9.94. The smallest absolute Gasteiger partial charge is 0.247 e. The van der Waals surface area contributed by atoms with Gasteiger partial charge in [0, 0.05) is 19.7 Å². The van der Waals surface area contributed by atoms with Crippen LogP contribution in [0.2, 0.25) is 0 Å². The van der Waals surface area contributed by atoms with Crippen molar-refractivity contribution in [1.29, 1.82) is 10.5 Å². The molecule has 0 saturated heterocycles. The summed E-state index contributed by atoms with van der Waals surface area (Å²) in [7, 11) is 2.94. The zero-order chi connectivity index (χ0) is 13.7. The van der Waals surface area contributed by atoms with Crippen LogP contribution in [0, 0.1) is 28.6 Å². The minimum Gasteiger partial charge on any atom is -0.347 e. The minimum absolute atomic E-state index is 0.0988. The summed E-state index contributed by atoms with van der Waals surface area (Å²) < 4.78 is 0. The Hall–Kier alpha value is -2.66. The van der Waals surface area contributed by atoms with Gasteiger partial charge in [-0.15, -0.1) is 0 Å². The largest absolute Gasteiger partial charge is 0.347 e. The van der Waals surface area contributed by atoms with Gasteiger partial charge in [-0.2, -0.15) is 10.5 Å². The third-order valence-electron chi connectivity index (χ3n) is 2.39. The van der Waals surface area contributed by atoms with Crippen molar-refractivity contribution in [1.82, 2.24) is 4.90 Å². The van der Waals surface area contributed by atoms with Crippen LogP contribution in [0.15, 0.2) is 24.3 Å². The fraction of sp³-hybridized carbons (Fsp3) is 0.231. The van der Waals surface area contributed by atoms with E-state index >= 15 is 0 Å². The van der Waals surface area contributed by atoms with Gasteiger partial charge in [0.2, 0.25) is 5.91 Å². The standard InChI is InChI=1S/C13H11N3O2/c1-16(2)13(18)11(8-15)12(17)10-6-4-3-5-9(10)7-14/h3-6,11H,1-2H3. The van der Waals surface area contributed by atoms with Gasteiger partial charge in [0.1, 0.15) is 0 Å². The van der Waals surface area contributed by atoms with E-state index in [1.54, 1.807) is 18.2 Å². The van der Waals surface area contributed by atoms with Crippen LogP contribution in [-0.4, -0.2) is 30.7 Å². The van der Waals surface area contributed by atoms with Crippen molar-refractivity contribution in [3.63, 3.8) is 0 Å². The highest BCUT2D eigenvalue weighted by Crippen LogP contribution is 2.14. The van der Waals surface area contributed by atoms with Gasteiger partial charge in [-0.3, -0.25) is 9.59 Å². The Morgan fingerprint density at radius 3 is 2.33 bits per heavy atom. The number of hydrogen-bond donors (Lipinski definition) is 0. The van der Waals surface area contributed by atoms with Crippen molar-refractivity contribution in [3.05, 3.63) is 35.4 Å². The second-order valence-electron chi connectivity index (χ2n) is 3.82. The second-order valence-corrected chi connectivity index (χ2v) is 3.82. The first-order valence-corrected chi connectivity index (χ1v) is 5.17. The number of benzene rings is 1. The first-order chi connectivity index (χ1) is 8.52. The summed E-state index contributed by atoms with van der Waals surface area (Å²) in [5, 5.41) is 17.8. The highest BCUT2D eigenvalue weighted by molar-refractivity contribution is 6.13. The van der Waals surface area contributed by atoms with Crippen LogP contribution in [-0.2, 0) is 4.79 Å². The van der Waals surface area contributed by atoms with Crippen molar-refractivity contribution in [3.8, 4) is 12.1 Å². The summed E-state index contributed by atoms with van der Waals surface area (Å²) in [4.78, 5) is 24.9. The summed E-state index contributed by atoms with van der Waals surface area (Å²) in [5.74, 6) is -2.64. The van der Waals surface area contributed by atoms with E-state index in [0.717, 1.165) is 0 Å². The molecule has 18 heavy (non-hydrogen) atoms. The number of carbonyl (C=O) groups excluding carboxylic acids is 2. The van der Waals surface area contributed by atoms with E-state index in [0.29, 0.717) is 0 Å². The van der Waals surface area contributed by atoms with Gasteiger partial charge in [-0.25, -0.2) is 0 Å². The molecule has 1 aromatic carbocycles. The Morgan fingerprint density at radius 2 is 1.83 bits per heavy atom. The molecule has 0 aliphatic heterocycles. The monoisotopic (exact) mass is 241 g/mol. The molecule has 0 fully saturated rings. The van der Waals surface area contributed by atoms with Crippen molar-refractivity contribution in [2.45, 2.75) is 0 Å². The molecule has 0 saturated carbocycles. The predicted octanol–water partition coefficient (Wildman–Crippen LogP) is 0.969. The van der Waals surface area contributed by atoms with Gasteiger partial charge in [0.15, 0.2) is 11.7 Å². The molecule has 1 aromatic rings. The number of rotatable bonds is 3. The molecular formula is C13H11N3O2. The number of carbonyl (C=O) groups is 2. The fourth-order valence-electron chi connectivity index (χ4n) is 1.44. The van der Waals surface area contributed by atoms with Crippen molar-refractivity contribution in [2.75, 3.05) is 14.1 Å². The lowest BCUT2D eigenvalue weighted by Crippen LogP contribution is -2.34. The van der Waals surface area contributed by atoms with E-state index < -0.39 is 17.6 Å². The van der Waals surface area contributed by atoms with Crippen LogP contribution in [0.3, 0.4) is 0 Å². The molecule has 90 valence electrons. The Labute approximate surface area is 105 Å². The van der Waals surface area contributed by atoms with E-state index in [4.69, 9.17) is 10.5 Å². The highest BCUT2D eigenvalue weighted by Gasteiger charge is 2.30. The normalized spacial score (nSPS) is 10.9. The van der Waals surface area contributed by atoms with E-state index in [2.05, 4.69) is 0 Å². The molecule has 0 aromatic heterocycles. The Balaban J connectivity index is 3.18. The lowest BCUT2D eigenvalue weighted by Gasteiger charge is -2.14. The molecule has 1 rings (SSSR count). The molecule has 0 aliphatic carbocycles. The zero-order valence-corrected chi connectivity index (χ0v) is 10.0. The number of Topliss-reactive ketones (excluding diaryl/α,β-unsaturated/α-hetero) is 1. The van der Waals surface area contributed by atoms with Crippen molar-refractivity contribution in [2.24, 2.45) is 5.92 Å². The van der Waals surface area contributed by atoms with Gasteiger partial charge >= 0.3 is 0 Å². The summed E-state index contributed by atoms with van der Waals surface area (Å²) >= 11 is 0. The third-order valence-corrected chi connectivity index (χ3v) is 2.39. The summed E-state index contributed by atoms with van der Waals surface area (Å²) in [5.41, 5.74) is 0.260. The Kier molecular flexibility index (Phi) is 4.17. The molecule has 0 N–H and O–H groups in total. The number of ketones is 1. The Morgan fingerprint density at radius 1 is 1.22 bits per heavy atom. The maximum absolute atomic E-state index is 12.1. The van der Waals surface area contributed by atoms with Crippen LogP contribution < -0.4 is 0 Å². The van der Waals surface area contributed by atoms with Crippen molar-refractivity contribution < 1.29 is 9.59 Å². The maximum Gasteiger partial charge on any atom is 0.247 e. The minimum atomic E-state index is -1.41. The first-order valence-electron chi connectivity index (χ1n) is 5.17. The van der Waals surface area contributed by atoms with Gasteiger partial charge in [0.05, 0.1) is 17.7 Å². The fourth-order valence-corrected chi connectivity index (χ4v) is 1.44. The maximum atomic E-state index is 12.1. The summed E-state index contributed by atoms with van der Waals surface area (Å²) in [6.45, 7) is 0. The molecule has 1 amide bonds. The first kappa shape index (κ1) is 13.4. The molecule has 5 nitrogen and oxygen atoms in total. The average Bonchev–Trinajstić information content (AvgIpc) is 2.39. The number of nitriles is 2. The second kappa shape index (κ2) is 5.60. The number of nitrogens with zero attached hydrogens (tertiary/aromatic N) is 3. The quantitative estimate of drug-likeness (QED) is 0.583. The molecule has 5 heteroatoms. The van der Waals surface area contributed by atoms with E-state index in [1.807, 2.05) is 6.07 Å². The van der Waals surface area contributed by atoms with Crippen molar-refractivity contribution >= 4 is 11.7 Å². The molecule has 0 spiro atoms.